The number of hydrogen-bond donors (Lipinski definition) is 0. The molecule has 0 heterocycles. The summed E-state index contributed by atoms with van der Waals surface area (Å²) in [6.07, 6.45) is 6.73. The van der Waals surface area contributed by atoms with Gasteiger partial charge in [0.25, 0.3) is 0 Å². The Bertz CT molecular complexity index is 396. The van der Waals surface area contributed by atoms with Crippen LogP contribution < -0.4 is 0 Å². The van der Waals surface area contributed by atoms with Crippen LogP contribution in [0.1, 0.15) is 73.6 Å². The molecule has 122 valence electrons. The molecule has 0 N–H and O–H groups in total. The highest BCUT2D eigenvalue weighted by Gasteiger charge is 2.45. The zero-order valence-electron chi connectivity index (χ0n) is 14.9. The van der Waals surface area contributed by atoms with E-state index >= 15 is 0 Å². The van der Waals surface area contributed by atoms with Gasteiger partial charge in [-0.05, 0) is 57.3 Å². The first-order valence-corrected chi connectivity index (χ1v) is 8.72. The molecule has 21 heavy (non-hydrogen) atoms. The molecule has 0 aromatic carbocycles. The fourth-order valence-corrected chi connectivity index (χ4v) is 4.24. The largest absolute Gasteiger partial charge is 0.356 e. The Kier molecular flexibility index (Phi) is 5.20. The zero-order valence-corrected chi connectivity index (χ0v) is 14.9. The van der Waals surface area contributed by atoms with E-state index < -0.39 is 0 Å². The van der Waals surface area contributed by atoms with Gasteiger partial charge in [0.1, 0.15) is 6.79 Å². The maximum absolute atomic E-state index is 6.00. The minimum atomic E-state index is 0.227. The van der Waals surface area contributed by atoms with E-state index in [1.807, 2.05) is 6.92 Å². The minimum Gasteiger partial charge on any atom is -0.356 e. The Labute approximate surface area is 131 Å². The van der Waals surface area contributed by atoms with Crippen molar-refractivity contribution in [2.75, 3.05) is 13.4 Å². The summed E-state index contributed by atoms with van der Waals surface area (Å²) in [6, 6.07) is 0. The van der Waals surface area contributed by atoms with E-state index in [1.165, 1.54) is 32.1 Å². The minimum absolute atomic E-state index is 0.227. The van der Waals surface area contributed by atoms with Gasteiger partial charge in [-0.2, -0.15) is 0 Å². The van der Waals surface area contributed by atoms with Crippen molar-refractivity contribution in [1.29, 1.82) is 0 Å². The Morgan fingerprint density at radius 2 is 2.00 bits per heavy atom. The molecule has 0 aromatic rings. The van der Waals surface area contributed by atoms with Crippen molar-refractivity contribution in [3.8, 4) is 0 Å². The van der Waals surface area contributed by atoms with Crippen LogP contribution >= 0.6 is 0 Å². The maximum Gasteiger partial charge on any atom is 0.147 e. The first kappa shape index (κ1) is 17.0. The summed E-state index contributed by atoms with van der Waals surface area (Å²) in [5.41, 5.74) is 4.11. The lowest BCUT2D eigenvalue weighted by Gasteiger charge is -2.50. The number of ether oxygens (including phenoxy) is 2. The van der Waals surface area contributed by atoms with Gasteiger partial charge in [-0.15, -0.1) is 0 Å². The van der Waals surface area contributed by atoms with Crippen LogP contribution in [0.3, 0.4) is 0 Å². The van der Waals surface area contributed by atoms with E-state index in [-0.39, 0.29) is 11.5 Å². The van der Waals surface area contributed by atoms with Crippen LogP contribution in [0.25, 0.3) is 0 Å². The van der Waals surface area contributed by atoms with Crippen LogP contribution in [0.5, 0.6) is 0 Å². The summed E-state index contributed by atoms with van der Waals surface area (Å²) in [4.78, 5) is 0. The van der Waals surface area contributed by atoms with Gasteiger partial charge in [0.05, 0.1) is 6.10 Å². The molecule has 0 aromatic heterocycles. The molecule has 2 rings (SSSR count). The van der Waals surface area contributed by atoms with Gasteiger partial charge in [0.15, 0.2) is 0 Å². The first-order valence-electron chi connectivity index (χ1n) is 8.72. The molecule has 2 nitrogen and oxygen atoms in total. The quantitative estimate of drug-likeness (QED) is 0.388. The molecule has 3 atom stereocenters. The summed E-state index contributed by atoms with van der Waals surface area (Å²) in [6.45, 7) is 15.1. The van der Waals surface area contributed by atoms with Gasteiger partial charge >= 0.3 is 0 Å². The van der Waals surface area contributed by atoms with Gasteiger partial charge in [-0.1, -0.05) is 38.8 Å². The topological polar surface area (TPSA) is 18.5 Å². The molecule has 0 spiro atoms. The predicted octanol–water partition coefficient (Wildman–Crippen LogP) is 5.33. The molecule has 0 aliphatic heterocycles. The summed E-state index contributed by atoms with van der Waals surface area (Å²) >= 11 is 0. The predicted molar refractivity (Wildman–Crippen MR) is 88.2 cm³/mol. The van der Waals surface area contributed by atoms with Crippen molar-refractivity contribution in [1.82, 2.24) is 0 Å². The highest BCUT2D eigenvalue weighted by molar-refractivity contribution is 5.29. The normalized spacial score (nSPS) is 33.7. The van der Waals surface area contributed by atoms with Crippen molar-refractivity contribution in [2.45, 2.75) is 79.8 Å². The van der Waals surface area contributed by atoms with Crippen molar-refractivity contribution >= 4 is 0 Å². The number of allylic oxidation sites excluding steroid dienone is 2. The third-order valence-corrected chi connectivity index (χ3v) is 6.29. The average molecular weight is 294 g/mol. The molecule has 0 amide bonds. The summed E-state index contributed by atoms with van der Waals surface area (Å²) in [5, 5.41) is 0. The molecule has 0 fully saturated rings. The molecule has 2 aliphatic carbocycles. The Morgan fingerprint density at radius 3 is 2.67 bits per heavy atom. The number of hydrogen-bond acceptors (Lipinski definition) is 2. The molecule has 3 unspecified atom stereocenters. The Morgan fingerprint density at radius 1 is 1.29 bits per heavy atom. The van der Waals surface area contributed by atoms with Gasteiger partial charge in [0, 0.05) is 12.0 Å². The highest BCUT2D eigenvalue weighted by atomic mass is 16.7. The van der Waals surface area contributed by atoms with Gasteiger partial charge in [-0.3, -0.25) is 0 Å². The Balaban J connectivity index is 2.16. The average Bonchev–Trinajstić information content (AvgIpc) is 2.41. The molecule has 2 heteroatoms. The SMILES string of the molecule is CCOCOC(C)C1(C)CC2=C(CCCC2(C)C)CC1C. The van der Waals surface area contributed by atoms with Gasteiger partial charge < -0.3 is 9.47 Å². The van der Waals surface area contributed by atoms with Crippen molar-refractivity contribution in [3.63, 3.8) is 0 Å². The maximum atomic E-state index is 6.00. The molecule has 0 bridgehead atoms. The van der Waals surface area contributed by atoms with Gasteiger partial charge in [-0.25, -0.2) is 0 Å². The summed E-state index contributed by atoms with van der Waals surface area (Å²) < 4.78 is 11.4. The molecular weight excluding hydrogens is 260 g/mol. The summed E-state index contributed by atoms with van der Waals surface area (Å²) in [7, 11) is 0. The van der Waals surface area contributed by atoms with Crippen LogP contribution in [0, 0.1) is 16.7 Å². The fourth-order valence-electron chi connectivity index (χ4n) is 4.24. The summed E-state index contributed by atoms with van der Waals surface area (Å²) in [5.74, 6) is 0.682. The molecule has 0 saturated carbocycles. The van der Waals surface area contributed by atoms with Crippen LogP contribution in [0.4, 0.5) is 0 Å². The third-order valence-electron chi connectivity index (χ3n) is 6.29. The fraction of sp³-hybridized carbons (Fsp3) is 0.895. The van der Waals surface area contributed by atoms with Crippen LogP contribution in [0.15, 0.2) is 11.1 Å². The van der Waals surface area contributed by atoms with Crippen molar-refractivity contribution in [2.24, 2.45) is 16.7 Å². The Hall–Kier alpha value is -0.340. The lowest BCUT2D eigenvalue weighted by molar-refractivity contribution is -0.132. The van der Waals surface area contributed by atoms with E-state index in [4.69, 9.17) is 9.47 Å². The number of rotatable bonds is 5. The van der Waals surface area contributed by atoms with Crippen molar-refractivity contribution < 1.29 is 9.47 Å². The second-order valence-corrected chi connectivity index (χ2v) is 8.03. The first-order chi connectivity index (χ1) is 9.81. The van der Waals surface area contributed by atoms with Crippen LogP contribution in [0.2, 0.25) is 0 Å². The highest BCUT2D eigenvalue weighted by Crippen LogP contribution is 2.55. The smallest absolute Gasteiger partial charge is 0.147 e. The second-order valence-electron chi connectivity index (χ2n) is 8.03. The monoisotopic (exact) mass is 294 g/mol. The lowest BCUT2D eigenvalue weighted by atomic mass is 9.57. The molecular formula is C19H34O2. The third kappa shape index (κ3) is 3.37. The second kappa shape index (κ2) is 6.42. The van der Waals surface area contributed by atoms with Crippen molar-refractivity contribution in [3.05, 3.63) is 11.1 Å². The van der Waals surface area contributed by atoms with Gasteiger partial charge in [0.2, 0.25) is 0 Å². The van der Waals surface area contributed by atoms with E-state index in [0.717, 1.165) is 6.61 Å². The standard InChI is InChI=1S/C19H34O2/c1-7-20-13-21-15(3)19(6)12-17-16(11-14(19)2)9-8-10-18(17,4)5/h14-15H,7-13H2,1-6H3. The van der Waals surface area contributed by atoms with Crippen LogP contribution in [-0.2, 0) is 9.47 Å². The lowest BCUT2D eigenvalue weighted by Crippen LogP contribution is -2.44. The van der Waals surface area contributed by atoms with Crippen LogP contribution in [-0.4, -0.2) is 19.5 Å². The zero-order chi connectivity index (χ0) is 15.7. The van der Waals surface area contributed by atoms with E-state index in [2.05, 4.69) is 34.6 Å². The van der Waals surface area contributed by atoms with E-state index in [1.54, 1.807) is 11.1 Å². The molecule has 0 radical (unpaired) electrons. The molecule has 2 aliphatic rings. The molecule has 0 saturated heterocycles. The van der Waals surface area contributed by atoms with E-state index in [0.29, 0.717) is 18.1 Å². The van der Waals surface area contributed by atoms with E-state index in [9.17, 15) is 0 Å².